The van der Waals surface area contributed by atoms with Crippen LogP contribution in [-0.4, -0.2) is 31.7 Å². The van der Waals surface area contributed by atoms with Gasteiger partial charge in [-0.15, -0.1) is 5.10 Å². The van der Waals surface area contributed by atoms with Gasteiger partial charge in [0.15, 0.2) is 0 Å². The van der Waals surface area contributed by atoms with Gasteiger partial charge in [0.2, 0.25) is 0 Å². The van der Waals surface area contributed by atoms with E-state index in [0.717, 1.165) is 30.1 Å². The van der Waals surface area contributed by atoms with E-state index in [1.807, 2.05) is 4.90 Å². The molecule has 0 bridgehead atoms. The maximum absolute atomic E-state index is 12.6. The number of halogens is 3. The number of hydrogen-bond acceptors (Lipinski definition) is 6. The molecule has 0 unspecified atom stereocenters. The van der Waals surface area contributed by atoms with Crippen LogP contribution in [0.4, 0.5) is 19.2 Å². The highest BCUT2D eigenvalue weighted by Crippen LogP contribution is 2.30. The molecule has 3 aromatic rings. The summed E-state index contributed by atoms with van der Waals surface area (Å²) in [6.45, 7) is 1.22. The molecular weight excluding hydrogens is 325 g/mol. The number of rotatable bonds is 2. The number of alkyl halides is 3. The van der Waals surface area contributed by atoms with Crippen LogP contribution in [0.1, 0.15) is 17.0 Å². The Balaban J connectivity index is 1.55. The van der Waals surface area contributed by atoms with Crippen molar-refractivity contribution in [1.82, 2.24) is 25.1 Å². The summed E-state index contributed by atoms with van der Waals surface area (Å²) in [5, 5.41) is 7.83. The summed E-state index contributed by atoms with van der Waals surface area (Å²) in [7, 11) is 0. The third-order valence-electron chi connectivity index (χ3n) is 3.77. The molecule has 0 aromatic carbocycles. The van der Waals surface area contributed by atoms with Crippen LogP contribution in [0.3, 0.4) is 0 Å². The van der Waals surface area contributed by atoms with E-state index in [1.54, 1.807) is 6.33 Å². The van der Waals surface area contributed by atoms with Gasteiger partial charge in [0.1, 0.15) is 5.69 Å². The Hall–Kier alpha value is -2.91. The highest BCUT2D eigenvalue weighted by molar-refractivity contribution is 5.48. The number of nitrogens with zero attached hydrogens (tertiary/aromatic N) is 5. The number of nitrogens with one attached hydrogen (secondary N) is 1. The van der Waals surface area contributed by atoms with Gasteiger partial charge >= 0.3 is 12.2 Å². The summed E-state index contributed by atoms with van der Waals surface area (Å²) in [6, 6.07) is 2.44. The Morgan fingerprint density at radius 1 is 1.17 bits per heavy atom. The highest BCUT2D eigenvalue weighted by atomic mass is 19.4. The number of pyridine rings is 1. The van der Waals surface area contributed by atoms with Gasteiger partial charge in [-0.2, -0.15) is 13.2 Å². The summed E-state index contributed by atoms with van der Waals surface area (Å²) >= 11 is 0. The quantitative estimate of drug-likeness (QED) is 0.774. The van der Waals surface area contributed by atoms with Crippen LogP contribution in [0.2, 0.25) is 0 Å². The first-order valence-corrected chi connectivity index (χ1v) is 7.14. The Morgan fingerprint density at radius 2 is 2.04 bits per heavy atom. The summed E-state index contributed by atoms with van der Waals surface area (Å²) in [5.41, 5.74) is 1.36. The van der Waals surface area contributed by atoms with Crippen molar-refractivity contribution in [2.45, 2.75) is 19.1 Å². The zero-order chi connectivity index (χ0) is 16.7. The summed E-state index contributed by atoms with van der Waals surface area (Å²) < 4.78 is 43.2. The Labute approximate surface area is 133 Å². The fourth-order valence-electron chi connectivity index (χ4n) is 2.51. The molecule has 1 N–H and O–H groups in total. The average Bonchev–Trinajstić information content (AvgIpc) is 3.22. The van der Waals surface area contributed by atoms with Crippen LogP contribution < -0.4 is 4.90 Å². The van der Waals surface area contributed by atoms with Gasteiger partial charge in [-0.3, -0.25) is 4.98 Å². The molecule has 0 saturated carbocycles. The standard InChI is InChI=1S/C14H11F3N6O/c15-14(16,17)8-1-2-10(18-5-8)12-21-22-13(24-12)23-4-3-9-11(6-23)20-7-19-9/h1-2,5,7H,3-4,6H2,(H,19,20). The minimum atomic E-state index is -4.43. The minimum absolute atomic E-state index is 0.0779. The molecule has 1 aliphatic heterocycles. The zero-order valence-electron chi connectivity index (χ0n) is 12.2. The van der Waals surface area contributed by atoms with Crippen LogP contribution in [-0.2, 0) is 19.1 Å². The molecule has 10 heteroatoms. The van der Waals surface area contributed by atoms with Crippen molar-refractivity contribution in [3.05, 3.63) is 41.6 Å². The zero-order valence-corrected chi connectivity index (χ0v) is 12.2. The van der Waals surface area contributed by atoms with Gasteiger partial charge in [-0.1, -0.05) is 5.10 Å². The molecule has 0 saturated heterocycles. The van der Waals surface area contributed by atoms with Gasteiger partial charge in [0.05, 0.1) is 29.8 Å². The molecule has 0 radical (unpaired) electrons. The first kappa shape index (κ1) is 14.7. The van der Waals surface area contributed by atoms with E-state index >= 15 is 0 Å². The van der Waals surface area contributed by atoms with Crippen LogP contribution in [0.15, 0.2) is 29.1 Å². The molecule has 0 aliphatic carbocycles. The molecule has 4 rings (SSSR count). The number of hydrogen-bond donors (Lipinski definition) is 1. The monoisotopic (exact) mass is 336 g/mol. The SMILES string of the molecule is FC(F)(F)c1ccc(-c2nnc(N3CCc4nc[nH]c4C3)o2)nc1. The van der Waals surface area contributed by atoms with Crippen LogP contribution in [0.25, 0.3) is 11.6 Å². The second-order valence-corrected chi connectivity index (χ2v) is 5.32. The normalized spacial score (nSPS) is 14.7. The molecular formula is C14H11F3N6O. The lowest BCUT2D eigenvalue weighted by Gasteiger charge is -2.23. The molecule has 7 nitrogen and oxygen atoms in total. The fourth-order valence-corrected chi connectivity index (χ4v) is 2.51. The van der Waals surface area contributed by atoms with Crippen molar-refractivity contribution in [3.63, 3.8) is 0 Å². The van der Waals surface area contributed by atoms with E-state index in [2.05, 4.69) is 25.1 Å². The number of imidazole rings is 1. The lowest BCUT2D eigenvalue weighted by Crippen LogP contribution is -2.30. The summed E-state index contributed by atoms with van der Waals surface area (Å²) in [5.74, 6) is 0.0779. The number of fused-ring (bicyclic) bond motifs is 1. The molecule has 4 heterocycles. The van der Waals surface area contributed by atoms with Crippen LogP contribution in [0.5, 0.6) is 0 Å². The van der Waals surface area contributed by atoms with Gasteiger partial charge < -0.3 is 14.3 Å². The van der Waals surface area contributed by atoms with Gasteiger partial charge in [0.25, 0.3) is 5.89 Å². The Kier molecular flexibility index (Phi) is 3.25. The third-order valence-corrected chi connectivity index (χ3v) is 3.77. The van der Waals surface area contributed by atoms with E-state index < -0.39 is 11.7 Å². The Bertz CT molecular complexity index is 854. The molecule has 0 amide bonds. The number of aromatic amines is 1. The Morgan fingerprint density at radius 3 is 2.79 bits per heavy atom. The van der Waals surface area contributed by atoms with E-state index in [4.69, 9.17) is 4.42 Å². The predicted molar refractivity (Wildman–Crippen MR) is 75.9 cm³/mol. The predicted octanol–water partition coefficient (Wildman–Crippen LogP) is 2.44. The number of anilines is 1. The second kappa shape index (κ2) is 5.32. The van der Waals surface area contributed by atoms with Gasteiger partial charge in [-0.05, 0) is 12.1 Å². The largest absolute Gasteiger partial charge is 0.417 e. The smallest absolute Gasteiger partial charge is 0.402 e. The van der Waals surface area contributed by atoms with Crippen molar-refractivity contribution >= 4 is 6.01 Å². The van der Waals surface area contributed by atoms with Gasteiger partial charge in [0, 0.05) is 19.2 Å². The van der Waals surface area contributed by atoms with Crippen LogP contribution >= 0.6 is 0 Å². The minimum Gasteiger partial charge on any atom is -0.402 e. The van der Waals surface area contributed by atoms with Crippen molar-refractivity contribution in [2.75, 3.05) is 11.4 Å². The molecule has 0 fully saturated rings. The van der Waals surface area contributed by atoms with Crippen molar-refractivity contribution < 1.29 is 17.6 Å². The van der Waals surface area contributed by atoms with E-state index in [-0.39, 0.29) is 11.6 Å². The third kappa shape index (κ3) is 2.59. The molecule has 0 atom stereocenters. The van der Waals surface area contributed by atoms with E-state index in [9.17, 15) is 13.2 Å². The number of H-pyrrole nitrogens is 1. The van der Waals surface area contributed by atoms with Crippen molar-refractivity contribution in [2.24, 2.45) is 0 Å². The average molecular weight is 336 g/mol. The lowest BCUT2D eigenvalue weighted by molar-refractivity contribution is -0.137. The first-order chi connectivity index (χ1) is 11.5. The van der Waals surface area contributed by atoms with Crippen molar-refractivity contribution in [3.8, 4) is 11.6 Å². The molecule has 0 spiro atoms. The molecule has 124 valence electrons. The maximum atomic E-state index is 12.6. The molecule has 24 heavy (non-hydrogen) atoms. The van der Waals surface area contributed by atoms with Gasteiger partial charge in [-0.25, -0.2) is 4.98 Å². The fraction of sp³-hybridized carbons (Fsp3) is 0.286. The van der Waals surface area contributed by atoms with E-state index in [1.165, 1.54) is 6.07 Å². The number of aromatic nitrogens is 5. The lowest BCUT2D eigenvalue weighted by atomic mass is 10.1. The maximum Gasteiger partial charge on any atom is 0.417 e. The summed E-state index contributed by atoms with van der Waals surface area (Å²) in [6.07, 6.45) is -1.30. The topological polar surface area (TPSA) is 83.7 Å². The molecule has 3 aromatic heterocycles. The first-order valence-electron chi connectivity index (χ1n) is 7.14. The summed E-state index contributed by atoms with van der Waals surface area (Å²) in [4.78, 5) is 12.9. The molecule has 1 aliphatic rings. The van der Waals surface area contributed by atoms with Crippen LogP contribution in [0, 0.1) is 0 Å². The van der Waals surface area contributed by atoms with E-state index in [0.29, 0.717) is 19.1 Å². The second-order valence-electron chi connectivity index (χ2n) is 5.32. The highest BCUT2D eigenvalue weighted by Gasteiger charge is 2.31. The van der Waals surface area contributed by atoms with Crippen molar-refractivity contribution in [1.29, 1.82) is 0 Å².